The summed E-state index contributed by atoms with van der Waals surface area (Å²) in [6, 6.07) is 5.61. The van der Waals surface area contributed by atoms with Crippen LogP contribution in [0.5, 0.6) is 0 Å². The van der Waals surface area contributed by atoms with Crippen LogP contribution in [-0.2, 0) is 15.7 Å². The molecule has 1 aromatic carbocycles. The third-order valence-corrected chi connectivity index (χ3v) is 7.08. The van der Waals surface area contributed by atoms with E-state index in [1.54, 1.807) is 26.2 Å². The lowest BCUT2D eigenvalue weighted by Gasteiger charge is -2.52. The van der Waals surface area contributed by atoms with Crippen molar-refractivity contribution >= 4 is 5.91 Å². The van der Waals surface area contributed by atoms with E-state index in [0.29, 0.717) is 6.61 Å². The van der Waals surface area contributed by atoms with Gasteiger partial charge in [0, 0.05) is 58.3 Å². The van der Waals surface area contributed by atoms with Gasteiger partial charge in [0.15, 0.2) is 0 Å². The van der Waals surface area contributed by atoms with Crippen LogP contribution in [-0.4, -0.2) is 78.6 Å². The molecule has 1 aromatic rings. The zero-order valence-corrected chi connectivity index (χ0v) is 18.9. The zero-order valence-electron chi connectivity index (χ0n) is 18.9. The SMILES string of the molecule is COCC(c1ccc(C(F)(F)F)cc1)N1CCN(C2(C)CCN(C(C)=O)CC2)CC1C. The first-order valence-corrected chi connectivity index (χ1v) is 11.0. The largest absolute Gasteiger partial charge is 0.416 e. The second kappa shape index (κ2) is 9.46. The average Bonchev–Trinajstić information content (AvgIpc) is 2.72. The minimum absolute atomic E-state index is 0.0669. The van der Waals surface area contributed by atoms with Crippen molar-refractivity contribution in [2.24, 2.45) is 0 Å². The first kappa shape index (κ1) is 24.0. The van der Waals surface area contributed by atoms with Gasteiger partial charge in [-0.3, -0.25) is 14.6 Å². The Kier molecular flexibility index (Phi) is 7.33. The molecule has 174 valence electrons. The number of ether oxygens (including phenoxy) is 1. The predicted octanol–water partition coefficient (Wildman–Crippen LogP) is 3.80. The number of likely N-dealkylation sites (tertiary alicyclic amines) is 1. The molecule has 2 aliphatic heterocycles. The highest BCUT2D eigenvalue weighted by Crippen LogP contribution is 2.35. The maximum absolute atomic E-state index is 12.9. The molecule has 0 aromatic heterocycles. The highest BCUT2D eigenvalue weighted by Gasteiger charge is 2.41. The molecule has 2 heterocycles. The third-order valence-electron chi connectivity index (χ3n) is 7.08. The van der Waals surface area contributed by atoms with Crippen LogP contribution in [0.2, 0.25) is 0 Å². The molecule has 0 aliphatic carbocycles. The van der Waals surface area contributed by atoms with E-state index < -0.39 is 11.7 Å². The summed E-state index contributed by atoms with van der Waals surface area (Å²) in [6.07, 6.45) is -2.42. The Labute approximate surface area is 183 Å². The number of carbonyl (C=O) groups is 1. The van der Waals surface area contributed by atoms with Crippen LogP contribution in [0.15, 0.2) is 24.3 Å². The highest BCUT2D eigenvalue weighted by atomic mass is 19.4. The Morgan fingerprint density at radius 3 is 2.26 bits per heavy atom. The topological polar surface area (TPSA) is 36.0 Å². The summed E-state index contributed by atoms with van der Waals surface area (Å²) in [4.78, 5) is 18.5. The number of amides is 1. The van der Waals surface area contributed by atoms with Gasteiger partial charge in [0.05, 0.1) is 18.2 Å². The normalized spacial score (nSPS) is 24.2. The van der Waals surface area contributed by atoms with Crippen molar-refractivity contribution in [3.63, 3.8) is 0 Å². The molecule has 2 unspecified atom stereocenters. The van der Waals surface area contributed by atoms with Gasteiger partial charge in [-0.25, -0.2) is 0 Å². The molecule has 2 aliphatic rings. The third kappa shape index (κ3) is 5.41. The van der Waals surface area contributed by atoms with Gasteiger partial charge in [-0.05, 0) is 44.4 Å². The maximum Gasteiger partial charge on any atom is 0.416 e. The number of alkyl halides is 3. The first-order chi connectivity index (χ1) is 14.5. The number of piperidine rings is 1. The second-order valence-corrected chi connectivity index (χ2v) is 9.13. The molecule has 2 saturated heterocycles. The van der Waals surface area contributed by atoms with E-state index in [9.17, 15) is 18.0 Å². The van der Waals surface area contributed by atoms with Crippen molar-refractivity contribution in [3.05, 3.63) is 35.4 Å². The fourth-order valence-corrected chi connectivity index (χ4v) is 4.98. The van der Waals surface area contributed by atoms with Gasteiger partial charge in [0.2, 0.25) is 5.91 Å². The second-order valence-electron chi connectivity index (χ2n) is 9.13. The maximum atomic E-state index is 12.9. The Hall–Kier alpha value is -1.64. The molecular formula is C23H34F3N3O2. The Bertz CT molecular complexity index is 745. The van der Waals surface area contributed by atoms with Crippen LogP contribution in [0.1, 0.15) is 50.8 Å². The molecule has 3 rings (SSSR count). The smallest absolute Gasteiger partial charge is 0.383 e. The van der Waals surface area contributed by atoms with Gasteiger partial charge in [-0.15, -0.1) is 0 Å². The lowest BCUT2D eigenvalue weighted by Crippen LogP contribution is -2.62. The van der Waals surface area contributed by atoms with E-state index >= 15 is 0 Å². The average molecular weight is 442 g/mol. The minimum atomic E-state index is -4.33. The number of hydrogen-bond donors (Lipinski definition) is 0. The number of hydrogen-bond acceptors (Lipinski definition) is 4. The monoisotopic (exact) mass is 441 g/mol. The van der Waals surface area contributed by atoms with E-state index in [1.165, 1.54) is 0 Å². The Balaban J connectivity index is 1.68. The van der Waals surface area contributed by atoms with E-state index in [2.05, 4.69) is 23.6 Å². The summed E-state index contributed by atoms with van der Waals surface area (Å²) in [5.74, 6) is 0.138. The van der Waals surface area contributed by atoms with E-state index in [4.69, 9.17) is 4.74 Å². The van der Waals surface area contributed by atoms with Gasteiger partial charge in [0.25, 0.3) is 0 Å². The number of benzene rings is 1. The van der Waals surface area contributed by atoms with Gasteiger partial charge < -0.3 is 9.64 Å². The molecule has 0 radical (unpaired) electrons. The summed E-state index contributed by atoms with van der Waals surface area (Å²) in [5.41, 5.74) is 0.281. The molecule has 0 bridgehead atoms. The zero-order chi connectivity index (χ0) is 22.8. The predicted molar refractivity (Wildman–Crippen MR) is 114 cm³/mol. The summed E-state index contributed by atoms with van der Waals surface area (Å²) < 4.78 is 44.3. The van der Waals surface area contributed by atoms with Crippen molar-refractivity contribution in [1.82, 2.24) is 14.7 Å². The van der Waals surface area contributed by atoms with Gasteiger partial charge in [-0.1, -0.05) is 12.1 Å². The van der Waals surface area contributed by atoms with Crippen molar-refractivity contribution < 1.29 is 22.7 Å². The summed E-state index contributed by atoms with van der Waals surface area (Å²) in [6.45, 7) is 10.7. The Morgan fingerprint density at radius 2 is 1.77 bits per heavy atom. The molecule has 1 amide bonds. The summed E-state index contributed by atoms with van der Waals surface area (Å²) in [5, 5.41) is 0. The van der Waals surface area contributed by atoms with Gasteiger partial charge in [-0.2, -0.15) is 13.2 Å². The van der Waals surface area contributed by atoms with E-state index in [1.807, 2.05) is 4.90 Å². The minimum Gasteiger partial charge on any atom is -0.383 e. The van der Waals surface area contributed by atoms with Crippen molar-refractivity contribution in [3.8, 4) is 0 Å². The molecule has 5 nitrogen and oxygen atoms in total. The van der Waals surface area contributed by atoms with Crippen LogP contribution >= 0.6 is 0 Å². The van der Waals surface area contributed by atoms with Crippen molar-refractivity contribution in [2.45, 2.75) is 57.4 Å². The quantitative estimate of drug-likeness (QED) is 0.697. The molecule has 0 N–H and O–H groups in total. The molecular weight excluding hydrogens is 407 g/mol. The molecule has 0 saturated carbocycles. The first-order valence-electron chi connectivity index (χ1n) is 11.0. The lowest BCUT2D eigenvalue weighted by molar-refractivity contribution is -0.137. The van der Waals surface area contributed by atoms with Crippen LogP contribution in [0.4, 0.5) is 13.2 Å². The number of methoxy groups -OCH3 is 1. The van der Waals surface area contributed by atoms with Gasteiger partial charge in [0.1, 0.15) is 0 Å². The fraction of sp³-hybridized carbons (Fsp3) is 0.696. The van der Waals surface area contributed by atoms with E-state index in [-0.39, 0.29) is 23.5 Å². The molecule has 31 heavy (non-hydrogen) atoms. The lowest BCUT2D eigenvalue weighted by atomic mass is 9.86. The summed E-state index contributed by atoms with van der Waals surface area (Å²) >= 11 is 0. The van der Waals surface area contributed by atoms with Crippen LogP contribution in [0, 0.1) is 0 Å². The highest BCUT2D eigenvalue weighted by molar-refractivity contribution is 5.73. The molecule has 2 atom stereocenters. The number of halogens is 3. The van der Waals surface area contributed by atoms with Crippen LogP contribution in [0.3, 0.4) is 0 Å². The van der Waals surface area contributed by atoms with Crippen LogP contribution in [0.25, 0.3) is 0 Å². The molecule has 0 spiro atoms. The van der Waals surface area contributed by atoms with E-state index in [0.717, 1.165) is 63.3 Å². The van der Waals surface area contributed by atoms with Gasteiger partial charge >= 0.3 is 6.18 Å². The standard InChI is InChI=1S/C23H34F3N3O2/c1-17-15-28(22(3)9-11-27(12-10-22)18(2)30)13-14-29(17)21(16-31-4)19-5-7-20(8-6-19)23(24,25)26/h5-8,17,21H,9-16H2,1-4H3. The van der Waals surface area contributed by atoms with Crippen molar-refractivity contribution in [2.75, 3.05) is 46.4 Å². The van der Waals surface area contributed by atoms with Crippen LogP contribution < -0.4 is 0 Å². The fourth-order valence-electron chi connectivity index (χ4n) is 4.98. The number of piperazine rings is 1. The molecule has 8 heteroatoms. The summed E-state index contributed by atoms with van der Waals surface area (Å²) in [7, 11) is 1.63. The van der Waals surface area contributed by atoms with Crippen molar-refractivity contribution in [1.29, 1.82) is 0 Å². The molecule has 2 fully saturated rings. The number of nitrogens with zero attached hydrogens (tertiary/aromatic N) is 3. The number of carbonyl (C=O) groups excluding carboxylic acids is 1. The number of rotatable bonds is 5. The Morgan fingerprint density at radius 1 is 1.16 bits per heavy atom.